The van der Waals surface area contributed by atoms with Gasteiger partial charge in [0.1, 0.15) is 0 Å². The van der Waals surface area contributed by atoms with Crippen LogP contribution in [0, 0.1) is 23.7 Å². The minimum Gasteiger partial charge on any atom is -0.304 e. The van der Waals surface area contributed by atoms with Crippen molar-refractivity contribution < 1.29 is 0 Å². The van der Waals surface area contributed by atoms with E-state index in [-0.39, 0.29) is 0 Å². The molecule has 2 rings (SSSR count). The van der Waals surface area contributed by atoms with E-state index in [4.69, 9.17) is 0 Å². The number of likely N-dealkylation sites (N-methyl/N-ethyl adjacent to an activating group) is 1. The predicted molar refractivity (Wildman–Crippen MR) is 104 cm³/mol. The molecule has 0 bridgehead atoms. The second-order valence-electron chi connectivity index (χ2n) is 9.08. The SMILES string of the molecule is CC(C)CC1CCC(C)CC1.CC(C)CCN1CCN(C)CC1. The van der Waals surface area contributed by atoms with Crippen LogP contribution in [0.15, 0.2) is 0 Å². The summed E-state index contributed by atoms with van der Waals surface area (Å²) in [6.07, 6.45) is 8.78. The molecule has 1 aliphatic carbocycles. The Morgan fingerprint density at radius 2 is 1.39 bits per heavy atom. The Balaban J connectivity index is 0.000000231. The van der Waals surface area contributed by atoms with E-state index >= 15 is 0 Å². The van der Waals surface area contributed by atoms with Crippen molar-refractivity contribution in [2.24, 2.45) is 23.7 Å². The molecule has 0 aromatic carbocycles. The van der Waals surface area contributed by atoms with Gasteiger partial charge in [-0.25, -0.2) is 0 Å². The first-order chi connectivity index (χ1) is 10.9. The van der Waals surface area contributed by atoms with Crippen LogP contribution in [0.1, 0.15) is 73.1 Å². The molecule has 0 aromatic rings. The van der Waals surface area contributed by atoms with Gasteiger partial charge in [0.2, 0.25) is 0 Å². The summed E-state index contributed by atoms with van der Waals surface area (Å²) < 4.78 is 0. The lowest BCUT2D eigenvalue weighted by molar-refractivity contribution is 0.148. The van der Waals surface area contributed by atoms with Gasteiger partial charge in [0.05, 0.1) is 0 Å². The highest BCUT2D eigenvalue weighted by molar-refractivity contribution is 4.71. The Kier molecular flexibility index (Phi) is 10.5. The molecular weight excluding hydrogens is 280 g/mol. The van der Waals surface area contributed by atoms with Gasteiger partial charge < -0.3 is 9.80 Å². The standard InChI is InChI=1S/C11H22.C10H22N2/c1-9(2)8-11-6-4-10(3)5-7-11;1-10(2)4-5-12-8-6-11(3)7-9-12/h9-11H,4-8H2,1-3H3;10H,4-9H2,1-3H3. The zero-order valence-electron chi connectivity index (χ0n) is 17.0. The third kappa shape index (κ3) is 10.4. The van der Waals surface area contributed by atoms with Crippen LogP contribution < -0.4 is 0 Å². The summed E-state index contributed by atoms with van der Waals surface area (Å²) in [5, 5.41) is 0. The van der Waals surface area contributed by atoms with E-state index in [0.29, 0.717) is 0 Å². The van der Waals surface area contributed by atoms with Gasteiger partial charge in [-0.3, -0.25) is 0 Å². The first-order valence-electron chi connectivity index (χ1n) is 10.3. The van der Waals surface area contributed by atoms with Gasteiger partial charge in [0.15, 0.2) is 0 Å². The lowest BCUT2D eigenvalue weighted by Gasteiger charge is -2.32. The fourth-order valence-corrected chi connectivity index (χ4v) is 3.74. The second kappa shape index (κ2) is 11.5. The molecule has 1 heterocycles. The Bertz CT molecular complexity index is 272. The van der Waals surface area contributed by atoms with Gasteiger partial charge in [0.25, 0.3) is 0 Å². The first-order valence-corrected chi connectivity index (χ1v) is 10.3. The zero-order valence-corrected chi connectivity index (χ0v) is 17.0. The van der Waals surface area contributed by atoms with Crippen molar-refractivity contribution in [3.8, 4) is 0 Å². The summed E-state index contributed by atoms with van der Waals surface area (Å²) in [5.41, 5.74) is 0. The molecule has 138 valence electrons. The van der Waals surface area contributed by atoms with Crippen molar-refractivity contribution in [2.75, 3.05) is 39.8 Å². The van der Waals surface area contributed by atoms with Gasteiger partial charge in [-0.2, -0.15) is 0 Å². The Morgan fingerprint density at radius 1 is 0.826 bits per heavy atom. The van der Waals surface area contributed by atoms with Gasteiger partial charge >= 0.3 is 0 Å². The summed E-state index contributed by atoms with van der Waals surface area (Å²) in [5.74, 6) is 3.84. The third-order valence-electron chi connectivity index (χ3n) is 5.56. The summed E-state index contributed by atoms with van der Waals surface area (Å²) >= 11 is 0. The fraction of sp³-hybridized carbons (Fsp3) is 1.00. The number of nitrogens with zero attached hydrogens (tertiary/aromatic N) is 2. The largest absolute Gasteiger partial charge is 0.304 e. The monoisotopic (exact) mass is 324 g/mol. The summed E-state index contributed by atoms with van der Waals surface area (Å²) in [6, 6.07) is 0. The topological polar surface area (TPSA) is 6.48 Å². The maximum atomic E-state index is 2.58. The Morgan fingerprint density at radius 3 is 1.87 bits per heavy atom. The van der Waals surface area contributed by atoms with Crippen LogP contribution in [0.5, 0.6) is 0 Å². The molecule has 2 aliphatic rings. The molecule has 2 heteroatoms. The maximum Gasteiger partial charge on any atom is 0.0110 e. The van der Waals surface area contributed by atoms with Gasteiger partial charge in [-0.15, -0.1) is 0 Å². The lowest BCUT2D eigenvalue weighted by atomic mass is 9.79. The molecule has 1 aliphatic heterocycles. The number of piperazine rings is 1. The summed E-state index contributed by atoms with van der Waals surface area (Å²) in [4.78, 5) is 4.99. The van der Waals surface area contributed by atoms with E-state index in [9.17, 15) is 0 Å². The average molecular weight is 325 g/mol. The lowest BCUT2D eigenvalue weighted by Crippen LogP contribution is -2.44. The van der Waals surface area contributed by atoms with Crippen molar-refractivity contribution >= 4 is 0 Å². The van der Waals surface area contributed by atoms with E-state index < -0.39 is 0 Å². The summed E-state index contributed by atoms with van der Waals surface area (Å²) in [6.45, 7) is 18.0. The van der Waals surface area contributed by atoms with Gasteiger partial charge in [-0.1, -0.05) is 60.3 Å². The highest BCUT2D eigenvalue weighted by atomic mass is 15.2. The molecule has 0 spiro atoms. The third-order valence-corrected chi connectivity index (χ3v) is 5.56. The maximum absolute atomic E-state index is 2.58. The molecule has 0 N–H and O–H groups in total. The molecule has 2 fully saturated rings. The van der Waals surface area contributed by atoms with Gasteiger partial charge in [-0.05, 0) is 50.1 Å². The summed E-state index contributed by atoms with van der Waals surface area (Å²) in [7, 11) is 2.21. The highest BCUT2D eigenvalue weighted by Crippen LogP contribution is 2.31. The number of hydrogen-bond acceptors (Lipinski definition) is 2. The van der Waals surface area contributed by atoms with Crippen molar-refractivity contribution in [3.63, 3.8) is 0 Å². The van der Waals surface area contributed by atoms with Crippen LogP contribution >= 0.6 is 0 Å². The minimum absolute atomic E-state index is 0.852. The van der Waals surface area contributed by atoms with Crippen LogP contribution in [-0.4, -0.2) is 49.6 Å². The van der Waals surface area contributed by atoms with Gasteiger partial charge in [0, 0.05) is 26.2 Å². The molecule has 0 unspecified atom stereocenters. The first kappa shape index (κ1) is 21.0. The normalized spacial score (nSPS) is 27.1. The fourth-order valence-electron chi connectivity index (χ4n) is 3.74. The molecular formula is C21H44N2. The Labute approximate surface area is 147 Å². The highest BCUT2D eigenvalue weighted by Gasteiger charge is 2.18. The number of hydrogen-bond donors (Lipinski definition) is 0. The average Bonchev–Trinajstić information content (AvgIpc) is 2.49. The quantitative estimate of drug-likeness (QED) is 0.691. The van der Waals surface area contributed by atoms with Crippen LogP contribution in [0.2, 0.25) is 0 Å². The minimum atomic E-state index is 0.852. The van der Waals surface area contributed by atoms with Crippen LogP contribution in [0.3, 0.4) is 0 Å². The molecule has 0 atom stereocenters. The van der Waals surface area contributed by atoms with E-state index in [1.807, 2.05) is 0 Å². The van der Waals surface area contributed by atoms with Crippen molar-refractivity contribution in [1.29, 1.82) is 0 Å². The Hall–Kier alpha value is -0.0800. The van der Waals surface area contributed by atoms with E-state index in [2.05, 4.69) is 51.5 Å². The van der Waals surface area contributed by atoms with Crippen LogP contribution in [0.4, 0.5) is 0 Å². The van der Waals surface area contributed by atoms with Crippen molar-refractivity contribution in [3.05, 3.63) is 0 Å². The zero-order chi connectivity index (χ0) is 17.2. The van der Waals surface area contributed by atoms with Crippen LogP contribution in [-0.2, 0) is 0 Å². The smallest absolute Gasteiger partial charge is 0.0110 e. The number of rotatable bonds is 5. The van der Waals surface area contributed by atoms with Crippen LogP contribution in [0.25, 0.3) is 0 Å². The van der Waals surface area contributed by atoms with E-state index in [1.54, 1.807) is 0 Å². The molecule has 23 heavy (non-hydrogen) atoms. The predicted octanol–water partition coefficient (Wildman–Crippen LogP) is 5.14. The van der Waals surface area contributed by atoms with E-state index in [0.717, 1.165) is 23.7 Å². The van der Waals surface area contributed by atoms with Crippen molar-refractivity contribution in [2.45, 2.75) is 73.1 Å². The van der Waals surface area contributed by atoms with E-state index in [1.165, 1.54) is 71.2 Å². The second-order valence-corrected chi connectivity index (χ2v) is 9.08. The molecule has 2 nitrogen and oxygen atoms in total. The molecule has 0 amide bonds. The molecule has 0 aromatic heterocycles. The van der Waals surface area contributed by atoms with Crippen molar-refractivity contribution in [1.82, 2.24) is 9.80 Å². The molecule has 1 saturated heterocycles. The molecule has 0 radical (unpaired) electrons. The molecule has 1 saturated carbocycles.